The minimum Gasteiger partial charge on any atom is -0.492 e. The zero-order valence-electron chi connectivity index (χ0n) is 16.3. The number of hydrogen-bond donors (Lipinski definition) is 2. The van der Waals surface area contributed by atoms with E-state index in [1.165, 1.54) is 0 Å². The molecule has 2 aromatic carbocycles. The molecule has 0 saturated carbocycles. The topological polar surface area (TPSA) is 91.3 Å². The van der Waals surface area contributed by atoms with Gasteiger partial charge in [0.15, 0.2) is 0 Å². The first-order valence-corrected chi connectivity index (χ1v) is 9.53. The molecule has 8 nitrogen and oxygen atoms in total. The van der Waals surface area contributed by atoms with E-state index in [0.717, 1.165) is 5.56 Å². The first-order valence-electron chi connectivity index (χ1n) is 9.53. The summed E-state index contributed by atoms with van der Waals surface area (Å²) in [5.74, 6) is 0.0485. The van der Waals surface area contributed by atoms with Crippen molar-refractivity contribution in [3.05, 3.63) is 59.7 Å². The number of amides is 3. The molecule has 1 saturated heterocycles. The Bertz CT molecular complexity index is 834. The fourth-order valence-corrected chi connectivity index (χ4v) is 3.15. The van der Waals surface area contributed by atoms with Crippen LogP contribution >= 0.6 is 0 Å². The molecule has 0 radical (unpaired) electrons. The Morgan fingerprint density at radius 1 is 1.14 bits per heavy atom. The summed E-state index contributed by atoms with van der Waals surface area (Å²) in [6.45, 7) is 4.78. The lowest BCUT2D eigenvalue weighted by Crippen LogP contribution is -2.48. The van der Waals surface area contributed by atoms with Crippen LogP contribution in [0.25, 0.3) is 0 Å². The van der Waals surface area contributed by atoms with Gasteiger partial charge in [0.05, 0.1) is 32.1 Å². The van der Waals surface area contributed by atoms with Gasteiger partial charge in [-0.2, -0.15) is 0 Å². The van der Waals surface area contributed by atoms with Crippen molar-refractivity contribution in [1.29, 1.82) is 0 Å². The number of carbonyl (C=O) groups excluding carboxylic acids is 2. The highest BCUT2D eigenvalue weighted by atomic mass is 16.5. The maximum atomic E-state index is 13.3. The van der Waals surface area contributed by atoms with E-state index in [1.54, 1.807) is 39.5 Å². The summed E-state index contributed by atoms with van der Waals surface area (Å²) in [6, 6.07) is 14.0. The molecule has 1 aliphatic heterocycles. The van der Waals surface area contributed by atoms with Crippen molar-refractivity contribution < 1.29 is 24.3 Å². The van der Waals surface area contributed by atoms with Crippen molar-refractivity contribution in [2.45, 2.75) is 13.5 Å². The molecule has 29 heavy (non-hydrogen) atoms. The molecule has 0 unspecified atom stereocenters. The molecule has 3 amide bonds. The second kappa shape index (κ2) is 9.90. The summed E-state index contributed by atoms with van der Waals surface area (Å²) in [6.07, 6.45) is 0. The van der Waals surface area contributed by atoms with E-state index in [0.29, 0.717) is 56.5 Å². The van der Waals surface area contributed by atoms with Crippen LogP contribution in [-0.4, -0.2) is 55.0 Å². The lowest BCUT2D eigenvalue weighted by molar-refractivity contribution is 0.0547. The first-order chi connectivity index (χ1) is 14.1. The number of hydrogen-bond acceptors (Lipinski definition) is 5. The molecule has 0 aromatic heterocycles. The summed E-state index contributed by atoms with van der Waals surface area (Å²) < 4.78 is 11.1. The third-order valence-corrected chi connectivity index (χ3v) is 4.63. The van der Waals surface area contributed by atoms with Gasteiger partial charge in [-0.15, -0.1) is 0 Å². The summed E-state index contributed by atoms with van der Waals surface area (Å²) in [5, 5.41) is 8.77. The van der Waals surface area contributed by atoms with E-state index in [4.69, 9.17) is 14.7 Å². The van der Waals surface area contributed by atoms with Gasteiger partial charge in [0, 0.05) is 18.7 Å². The third-order valence-electron chi connectivity index (χ3n) is 4.63. The van der Waals surface area contributed by atoms with Gasteiger partial charge in [-0.05, 0) is 36.8 Å². The Labute approximate surface area is 169 Å². The Balaban J connectivity index is 1.90. The highest BCUT2D eigenvalue weighted by Gasteiger charge is 2.26. The number of ether oxygens (including phenoxy) is 2. The van der Waals surface area contributed by atoms with Crippen molar-refractivity contribution in [3.8, 4) is 5.75 Å². The average Bonchev–Trinajstić information content (AvgIpc) is 2.78. The maximum Gasteiger partial charge on any atom is 0.325 e. The highest BCUT2D eigenvalue weighted by Crippen LogP contribution is 2.30. The van der Waals surface area contributed by atoms with E-state index in [1.807, 2.05) is 31.2 Å². The Hall–Kier alpha value is -3.10. The number of hydroxylamine groups is 1. The van der Waals surface area contributed by atoms with Crippen molar-refractivity contribution >= 4 is 17.6 Å². The second-order valence-corrected chi connectivity index (χ2v) is 6.51. The lowest BCUT2D eigenvalue weighted by Gasteiger charge is -2.33. The number of nitrogens with zero attached hydrogens (tertiary/aromatic N) is 2. The molecule has 1 aliphatic rings. The van der Waals surface area contributed by atoms with Crippen molar-refractivity contribution in [2.75, 3.05) is 37.8 Å². The number of urea groups is 1. The SMILES string of the molecule is CCOc1ccccc1N(Cc1ccc(C(=O)NO)cc1)C(=O)N1CCOCC1. The van der Waals surface area contributed by atoms with Gasteiger partial charge in [-0.1, -0.05) is 24.3 Å². The summed E-state index contributed by atoms with van der Waals surface area (Å²) in [7, 11) is 0. The normalized spacial score (nSPS) is 13.7. The Morgan fingerprint density at radius 3 is 2.48 bits per heavy atom. The minimum absolute atomic E-state index is 0.127. The van der Waals surface area contributed by atoms with Crippen LogP contribution in [0, 0.1) is 0 Å². The highest BCUT2D eigenvalue weighted by molar-refractivity contribution is 5.94. The molecule has 0 aliphatic carbocycles. The van der Waals surface area contributed by atoms with Crippen LogP contribution in [0.1, 0.15) is 22.8 Å². The molecule has 154 valence electrons. The van der Waals surface area contributed by atoms with Crippen molar-refractivity contribution in [3.63, 3.8) is 0 Å². The van der Waals surface area contributed by atoms with Gasteiger partial charge in [-0.3, -0.25) is 14.9 Å². The molecule has 0 bridgehead atoms. The Kier molecular flexibility index (Phi) is 7.04. The third kappa shape index (κ3) is 5.04. The smallest absolute Gasteiger partial charge is 0.325 e. The summed E-state index contributed by atoms with van der Waals surface area (Å²) >= 11 is 0. The number of carbonyl (C=O) groups is 2. The van der Waals surface area contributed by atoms with E-state index >= 15 is 0 Å². The van der Waals surface area contributed by atoms with Gasteiger partial charge in [0.2, 0.25) is 0 Å². The van der Waals surface area contributed by atoms with E-state index in [9.17, 15) is 9.59 Å². The van der Waals surface area contributed by atoms with Crippen LogP contribution in [0.15, 0.2) is 48.5 Å². The zero-order chi connectivity index (χ0) is 20.6. The van der Waals surface area contributed by atoms with Crippen molar-refractivity contribution in [2.24, 2.45) is 0 Å². The summed E-state index contributed by atoms with van der Waals surface area (Å²) in [5.41, 5.74) is 3.47. The fourth-order valence-electron chi connectivity index (χ4n) is 3.15. The summed E-state index contributed by atoms with van der Waals surface area (Å²) in [4.78, 5) is 28.3. The lowest BCUT2D eigenvalue weighted by atomic mass is 10.1. The quantitative estimate of drug-likeness (QED) is 0.576. The standard InChI is InChI=1S/C21H25N3O5/c1-2-29-19-6-4-3-5-18(19)24(21(26)23-11-13-28-14-12-23)15-16-7-9-17(10-8-16)20(25)22-27/h3-10,27H,2,11-15H2,1H3,(H,22,25). The monoisotopic (exact) mass is 399 g/mol. The second-order valence-electron chi connectivity index (χ2n) is 6.51. The first kappa shape index (κ1) is 20.6. The largest absolute Gasteiger partial charge is 0.492 e. The van der Waals surface area contributed by atoms with E-state index in [-0.39, 0.29) is 6.03 Å². The molecule has 0 spiro atoms. The predicted molar refractivity (Wildman–Crippen MR) is 107 cm³/mol. The molecular weight excluding hydrogens is 374 g/mol. The molecule has 1 heterocycles. The molecule has 2 aromatic rings. The fraction of sp³-hybridized carbons (Fsp3) is 0.333. The number of rotatable bonds is 6. The van der Waals surface area contributed by atoms with Crippen LogP contribution < -0.4 is 15.1 Å². The minimum atomic E-state index is -0.584. The van der Waals surface area contributed by atoms with Crippen LogP contribution in [0.3, 0.4) is 0 Å². The van der Waals surface area contributed by atoms with Crippen LogP contribution in [0.5, 0.6) is 5.75 Å². The van der Waals surface area contributed by atoms with Gasteiger partial charge in [0.1, 0.15) is 5.75 Å². The maximum absolute atomic E-state index is 13.3. The number of para-hydroxylation sites is 2. The number of anilines is 1. The average molecular weight is 399 g/mol. The predicted octanol–water partition coefficient (Wildman–Crippen LogP) is 2.66. The number of benzene rings is 2. The zero-order valence-corrected chi connectivity index (χ0v) is 16.3. The molecule has 3 rings (SSSR count). The Morgan fingerprint density at radius 2 is 1.83 bits per heavy atom. The van der Waals surface area contributed by atoms with E-state index in [2.05, 4.69) is 0 Å². The van der Waals surface area contributed by atoms with Crippen LogP contribution in [0.2, 0.25) is 0 Å². The van der Waals surface area contributed by atoms with Crippen LogP contribution in [0.4, 0.5) is 10.5 Å². The molecule has 8 heteroatoms. The van der Waals surface area contributed by atoms with Gasteiger partial charge >= 0.3 is 6.03 Å². The van der Waals surface area contributed by atoms with Gasteiger partial charge in [0.25, 0.3) is 5.91 Å². The number of morpholine rings is 1. The van der Waals surface area contributed by atoms with E-state index < -0.39 is 5.91 Å². The van der Waals surface area contributed by atoms with Gasteiger partial charge in [-0.25, -0.2) is 10.3 Å². The van der Waals surface area contributed by atoms with Crippen LogP contribution in [-0.2, 0) is 11.3 Å². The van der Waals surface area contributed by atoms with Crippen molar-refractivity contribution in [1.82, 2.24) is 10.4 Å². The molecular formula is C21H25N3O5. The molecule has 2 N–H and O–H groups in total. The molecule has 1 fully saturated rings. The molecule has 0 atom stereocenters. The van der Waals surface area contributed by atoms with Gasteiger partial charge < -0.3 is 14.4 Å². The number of nitrogens with one attached hydrogen (secondary N) is 1.